The van der Waals surface area contributed by atoms with Gasteiger partial charge in [0.15, 0.2) is 0 Å². The third-order valence-corrected chi connectivity index (χ3v) is 6.25. The Morgan fingerprint density at radius 2 is 2.04 bits per heavy atom. The van der Waals surface area contributed by atoms with Gasteiger partial charge in [0, 0.05) is 51.5 Å². The summed E-state index contributed by atoms with van der Waals surface area (Å²) >= 11 is 0. The Balaban J connectivity index is 1.47. The van der Waals surface area contributed by atoms with E-state index in [0.717, 1.165) is 44.0 Å². The fourth-order valence-corrected chi connectivity index (χ4v) is 4.46. The van der Waals surface area contributed by atoms with Gasteiger partial charge >= 0.3 is 0 Å². The number of hydrogen-bond donors (Lipinski definition) is 0. The summed E-state index contributed by atoms with van der Waals surface area (Å²) < 4.78 is 0. The second-order valence-electron chi connectivity index (χ2n) is 8.50. The molecular formula is C21H29N3O2. The first kappa shape index (κ1) is 17.4. The summed E-state index contributed by atoms with van der Waals surface area (Å²) in [5.74, 6) is 1.08. The van der Waals surface area contributed by atoms with Gasteiger partial charge in [-0.1, -0.05) is 6.07 Å². The second-order valence-corrected chi connectivity index (χ2v) is 8.50. The van der Waals surface area contributed by atoms with Gasteiger partial charge in [-0.05, 0) is 56.2 Å². The third-order valence-electron chi connectivity index (χ3n) is 6.25. The van der Waals surface area contributed by atoms with Gasteiger partial charge in [-0.2, -0.15) is 0 Å². The van der Waals surface area contributed by atoms with Crippen LogP contribution in [-0.2, 0) is 4.79 Å². The van der Waals surface area contributed by atoms with Crippen LogP contribution < -0.4 is 4.90 Å². The zero-order valence-corrected chi connectivity index (χ0v) is 15.9. The van der Waals surface area contributed by atoms with Gasteiger partial charge < -0.3 is 14.7 Å². The van der Waals surface area contributed by atoms with E-state index in [4.69, 9.17) is 0 Å². The number of amides is 2. The highest BCUT2D eigenvalue weighted by molar-refractivity contribution is 5.96. The number of nitrogens with zero attached hydrogens (tertiary/aromatic N) is 3. The maximum Gasteiger partial charge on any atom is 0.253 e. The number of benzene rings is 1. The zero-order chi connectivity index (χ0) is 18.3. The highest BCUT2D eigenvalue weighted by atomic mass is 16.2. The van der Waals surface area contributed by atoms with Gasteiger partial charge in [-0.25, -0.2) is 0 Å². The van der Waals surface area contributed by atoms with Crippen LogP contribution in [0.15, 0.2) is 24.3 Å². The molecule has 1 spiro atoms. The molecule has 4 rings (SSSR count). The average molecular weight is 355 g/mol. The third kappa shape index (κ3) is 3.19. The molecule has 3 fully saturated rings. The van der Waals surface area contributed by atoms with E-state index in [1.54, 1.807) is 0 Å². The van der Waals surface area contributed by atoms with Crippen molar-refractivity contribution in [3.63, 3.8) is 0 Å². The molecule has 1 unspecified atom stereocenters. The van der Waals surface area contributed by atoms with E-state index < -0.39 is 0 Å². The van der Waals surface area contributed by atoms with Crippen LogP contribution in [0.4, 0.5) is 5.69 Å². The lowest BCUT2D eigenvalue weighted by atomic mass is 9.78. The van der Waals surface area contributed by atoms with Crippen molar-refractivity contribution in [1.29, 1.82) is 0 Å². The Morgan fingerprint density at radius 3 is 2.77 bits per heavy atom. The molecule has 1 saturated carbocycles. The quantitative estimate of drug-likeness (QED) is 0.834. The maximum atomic E-state index is 13.1. The normalized spacial score (nSPS) is 25.8. The fourth-order valence-electron chi connectivity index (χ4n) is 4.46. The van der Waals surface area contributed by atoms with Crippen LogP contribution in [0.1, 0.15) is 42.5 Å². The predicted molar refractivity (Wildman–Crippen MR) is 102 cm³/mol. The molecular weight excluding hydrogens is 326 g/mol. The number of carbonyl (C=O) groups is 2. The highest BCUT2D eigenvalue weighted by Gasteiger charge is 2.50. The van der Waals surface area contributed by atoms with Gasteiger partial charge in [0.2, 0.25) is 5.91 Å². The van der Waals surface area contributed by atoms with Gasteiger partial charge in [0.25, 0.3) is 5.91 Å². The Labute approximate surface area is 155 Å². The van der Waals surface area contributed by atoms with Crippen LogP contribution in [0.25, 0.3) is 0 Å². The van der Waals surface area contributed by atoms with E-state index in [1.165, 1.54) is 12.8 Å². The van der Waals surface area contributed by atoms with Gasteiger partial charge in [-0.3, -0.25) is 9.59 Å². The molecule has 0 N–H and O–H groups in total. The molecule has 2 amide bonds. The molecule has 0 bridgehead atoms. The van der Waals surface area contributed by atoms with Crippen molar-refractivity contribution in [2.45, 2.75) is 32.1 Å². The number of likely N-dealkylation sites (tertiary alicyclic amines) is 2. The van der Waals surface area contributed by atoms with Crippen molar-refractivity contribution in [3.8, 4) is 0 Å². The van der Waals surface area contributed by atoms with Crippen LogP contribution >= 0.6 is 0 Å². The average Bonchev–Trinajstić information content (AvgIpc) is 3.36. The SMILES string of the molecule is CN(C)c1cccc(C(=O)N2CCC3(CCCN(CC4CC4)C3=O)C2)c1. The van der Waals surface area contributed by atoms with E-state index in [2.05, 4.69) is 4.90 Å². The molecule has 2 saturated heterocycles. The monoisotopic (exact) mass is 355 g/mol. The van der Waals surface area contributed by atoms with Crippen molar-refractivity contribution in [1.82, 2.24) is 9.80 Å². The van der Waals surface area contributed by atoms with Crippen molar-refractivity contribution < 1.29 is 9.59 Å². The Bertz CT molecular complexity index is 713. The molecule has 0 radical (unpaired) electrons. The molecule has 5 heteroatoms. The number of rotatable bonds is 4. The molecule has 3 aliphatic rings. The molecule has 2 heterocycles. The largest absolute Gasteiger partial charge is 0.378 e. The lowest BCUT2D eigenvalue weighted by molar-refractivity contribution is -0.145. The molecule has 26 heavy (non-hydrogen) atoms. The van der Waals surface area contributed by atoms with Crippen LogP contribution in [0, 0.1) is 11.3 Å². The summed E-state index contributed by atoms with van der Waals surface area (Å²) in [4.78, 5) is 32.1. The molecule has 1 aromatic rings. The molecule has 2 aliphatic heterocycles. The highest BCUT2D eigenvalue weighted by Crippen LogP contribution is 2.42. The summed E-state index contributed by atoms with van der Waals surface area (Å²) in [6.07, 6.45) is 5.34. The predicted octanol–water partition coefficient (Wildman–Crippen LogP) is 2.62. The smallest absolute Gasteiger partial charge is 0.253 e. The van der Waals surface area contributed by atoms with Gasteiger partial charge in [-0.15, -0.1) is 0 Å². The molecule has 0 aromatic heterocycles. The van der Waals surface area contributed by atoms with Crippen molar-refractivity contribution in [2.24, 2.45) is 11.3 Å². The molecule has 1 atom stereocenters. The zero-order valence-electron chi connectivity index (χ0n) is 15.9. The number of carbonyl (C=O) groups excluding carboxylic acids is 2. The van der Waals surface area contributed by atoms with Crippen LogP contribution in [0.2, 0.25) is 0 Å². The van der Waals surface area contributed by atoms with Crippen molar-refractivity contribution in [3.05, 3.63) is 29.8 Å². The first-order valence-corrected chi connectivity index (χ1v) is 9.85. The second kappa shape index (κ2) is 6.60. The first-order valence-electron chi connectivity index (χ1n) is 9.85. The standard InChI is InChI=1S/C21H29N3O2/c1-22(2)18-6-3-5-17(13-18)19(25)24-12-10-21(15-24)9-4-11-23(20(21)26)14-16-7-8-16/h3,5-6,13,16H,4,7-12,14-15H2,1-2H3. The molecule has 140 valence electrons. The minimum atomic E-state index is -0.331. The lowest BCUT2D eigenvalue weighted by Gasteiger charge is -2.39. The lowest BCUT2D eigenvalue weighted by Crippen LogP contribution is -2.50. The first-order chi connectivity index (χ1) is 12.5. The topological polar surface area (TPSA) is 43.9 Å². The Kier molecular flexibility index (Phi) is 4.41. The van der Waals surface area contributed by atoms with Crippen LogP contribution in [0.5, 0.6) is 0 Å². The van der Waals surface area contributed by atoms with E-state index in [-0.39, 0.29) is 11.3 Å². The summed E-state index contributed by atoms with van der Waals surface area (Å²) in [5.41, 5.74) is 1.41. The number of hydrogen-bond acceptors (Lipinski definition) is 3. The van der Waals surface area contributed by atoms with Gasteiger partial charge in [0.1, 0.15) is 0 Å². The van der Waals surface area contributed by atoms with Crippen molar-refractivity contribution >= 4 is 17.5 Å². The molecule has 5 nitrogen and oxygen atoms in total. The van der Waals surface area contributed by atoms with Crippen LogP contribution in [0.3, 0.4) is 0 Å². The van der Waals surface area contributed by atoms with Crippen LogP contribution in [-0.4, -0.2) is 61.9 Å². The minimum Gasteiger partial charge on any atom is -0.378 e. The van der Waals surface area contributed by atoms with Crippen molar-refractivity contribution in [2.75, 3.05) is 45.2 Å². The molecule has 1 aromatic carbocycles. The van der Waals surface area contributed by atoms with Gasteiger partial charge in [0.05, 0.1) is 5.41 Å². The Morgan fingerprint density at radius 1 is 1.23 bits per heavy atom. The maximum absolute atomic E-state index is 13.1. The Hall–Kier alpha value is -2.04. The summed E-state index contributed by atoms with van der Waals surface area (Å²) in [6.45, 7) is 3.10. The number of anilines is 1. The summed E-state index contributed by atoms with van der Waals surface area (Å²) in [5, 5.41) is 0. The van der Waals surface area contributed by atoms with E-state index in [9.17, 15) is 9.59 Å². The van der Waals surface area contributed by atoms with E-state index >= 15 is 0 Å². The minimum absolute atomic E-state index is 0.0534. The van der Waals surface area contributed by atoms with E-state index in [1.807, 2.05) is 48.2 Å². The van der Waals surface area contributed by atoms with E-state index in [0.29, 0.717) is 24.6 Å². The molecule has 1 aliphatic carbocycles. The summed E-state index contributed by atoms with van der Waals surface area (Å²) in [7, 11) is 3.95. The number of piperidine rings is 1. The fraction of sp³-hybridized carbons (Fsp3) is 0.619. The summed E-state index contributed by atoms with van der Waals surface area (Å²) in [6, 6.07) is 7.75.